The molecule has 1 aromatic heterocycles. The Labute approximate surface area is 207 Å². The van der Waals surface area contributed by atoms with Crippen molar-refractivity contribution in [3.8, 4) is 0 Å². The number of nitro groups is 1. The molecule has 3 rings (SSSR count). The Bertz CT molecular complexity index is 1250. The molecule has 1 amide bonds. The second kappa shape index (κ2) is 11.5. The molecule has 35 heavy (non-hydrogen) atoms. The number of carbonyl (C=O) groups excluding carboxylic acids is 1. The fourth-order valence-corrected chi connectivity index (χ4v) is 5.80. The SMILES string of the molecule is CCC(C)N(CC(=O)N(Cc1ccc(F)cc1)Cc1cccs1)S(=O)(=O)c1ccc([N+](=O)[O-])cc1. The summed E-state index contributed by atoms with van der Waals surface area (Å²) in [7, 11) is -4.11. The average molecular weight is 520 g/mol. The lowest BCUT2D eigenvalue weighted by molar-refractivity contribution is -0.384. The van der Waals surface area contributed by atoms with Crippen LogP contribution in [0.3, 0.4) is 0 Å². The van der Waals surface area contributed by atoms with E-state index in [2.05, 4.69) is 0 Å². The Hall–Kier alpha value is -3.15. The van der Waals surface area contributed by atoms with Crippen molar-refractivity contribution in [3.63, 3.8) is 0 Å². The summed E-state index contributed by atoms with van der Waals surface area (Å²) in [6.45, 7) is 3.58. The highest BCUT2D eigenvalue weighted by Crippen LogP contribution is 2.23. The predicted molar refractivity (Wildman–Crippen MR) is 132 cm³/mol. The molecule has 0 aliphatic heterocycles. The standard InChI is InChI=1S/C24H26FN3O5S2/c1-3-18(2)27(35(32,33)23-12-10-21(11-13-23)28(30)31)17-24(29)26(16-22-5-4-14-34-22)15-19-6-8-20(25)9-7-19/h4-14,18H,3,15-17H2,1-2H3. The first-order valence-electron chi connectivity index (χ1n) is 10.9. The largest absolute Gasteiger partial charge is 0.332 e. The average Bonchev–Trinajstić information content (AvgIpc) is 3.36. The Morgan fingerprint density at radius 2 is 1.74 bits per heavy atom. The summed E-state index contributed by atoms with van der Waals surface area (Å²) in [4.78, 5) is 26.1. The summed E-state index contributed by atoms with van der Waals surface area (Å²) >= 11 is 1.48. The second-order valence-electron chi connectivity index (χ2n) is 8.01. The van der Waals surface area contributed by atoms with Crippen molar-refractivity contribution in [2.75, 3.05) is 6.54 Å². The van der Waals surface area contributed by atoms with Crippen molar-refractivity contribution in [2.45, 2.75) is 44.3 Å². The molecular formula is C24H26FN3O5S2. The highest BCUT2D eigenvalue weighted by atomic mass is 32.2. The van der Waals surface area contributed by atoms with Crippen LogP contribution in [0.5, 0.6) is 0 Å². The van der Waals surface area contributed by atoms with Gasteiger partial charge in [-0.2, -0.15) is 4.31 Å². The van der Waals surface area contributed by atoms with Gasteiger partial charge in [-0.3, -0.25) is 14.9 Å². The maximum atomic E-state index is 13.5. The summed E-state index contributed by atoms with van der Waals surface area (Å²) in [5.74, 6) is -0.796. The zero-order valence-corrected chi connectivity index (χ0v) is 21.0. The third-order valence-electron chi connectivity index (χ3n) is 5.59. The third-order valence-corrected chi connectivity index (χ3v) is 8.43. The highest BCUT2D eigenvalue weighted by Gasteiger charge is 2.32. The number of carbonyl (C=O) groups is 1. The lowest BCUT2D eigenvalue weighted by atomic mass is 10.2. The van der Waals surface area contributed by atoms with Crippen LogP contribution in [-0.2, 0) is 27.9 Å². The van der Waals surface area contributed by atoms with E-state index in [-0.39, 0.29) is 29.5 Å². The molecule has 0 aliphatic carbocycles. The number of hydrogen-bond donors (Lipinski definition) is 0. The van der Waals surface area contributed by atoms with Crippen LogP contribution >= 0.6 is 11.3 Å². The van der Waals surface area contributed by atoms with Gasteiger partial charge in [0.25, 0.3) is 5.69 Å². The van der Waals surface area contributed by atoms with Gasteiger partial charge in [-0.15, -0.1) is 11.3 Å². The third kappa shape index (κ3) is 6.71. The van der Waals surface area contributed by atoms with E-state index < -0.39 is 33.4 Å². The highest BCUT2D eigenvalue weighted by molar-refractivity contribution is 7.89. The summed E-state index contributed by atoms with van der Waals surface area (Å²) in [6, 6.07) is 13.7. The van der Waals surface area contributed by atoms with Gasteiger partial charge in [-0.1, -0.05) is 25.1 Å². The number of nitro benzene ring substituents is 1. The summed E-state index contributed by atoms with van der Waals surface area (Å²) in [5, 5.41) is 12.8. The van der Waals surface area contributed by atoms with Crippen LogP contribution in [0, 0.1) is 15.9 Å². The molecular weight excluding hydrogens is 493 g/mol. The summed E-state index contributed by atoms with van der Waals surface area (Å²) in [6.07, 6.45) is 0.461. The molecule has 1 atom stereocenters. The zero-order chi connectivity index (χ0) is 25.6. The maximum Gasteiger partial charge on any atom is 0.269 e. The number of non-ortho nitro benzene ring substituents is 1. The van der Waals surface area contributed by atoms with Crippen LogP contribution in [0.1, 0.15) is 30.7 Å². The van der Waals surface area contributed by atoms with Crippen LogP contribution in [0.15, 0.2) is 70.9 Å². The van der Waals surface area contributed by atoms with Gasteiger partial charge >= 0.3 is 0 Å². The van der Waals surface area contributed by atoms with Crippen molar-refractivity contribution in [1.82, 2.24) is 9.21 Å². The minimum atomic E-state index is -4.11. The molecule has 0 saturated carbocycles. The van der Waals surface area contributed by atoms with Crippen LogP contribution < -0.4 is 0 Å². The molecule has 0 bridgehead atoms. The predicted octanol–water partition coefficient (Wildman–Crippen LogP) is 4.81. The lowest BCUT2D eigenvalue weighted by Crippen LogP contribution is -2.46. The molecule has 2 aromatic carbocycles. The first-order valence-corrected chi connectivity index (χ1v) is 13.2. The molecule has 1 heterocycles. The van der Waals surface area contributed by atoms with E-state index in [1.54, 1.807) is 24.0 Å². The smallest absolute Gasteiger partial charge is 0.269 e. The van der Waals surface area contributed by atoms with Gasteiger partial charge in [0.05, 0.1) is 22.9 Å². The fourth-order valence-electron chi connectivity index (χ4n) is 3.42. The van der Waals surface area contributed by atoms with E-state index in [0.717, 1.165) is 21.3 Å². The number of halogens is 1. The van der Waals surface area contributed by atoms with Crippen molar-refractivity contribution >= 4 is 33.0 Å². The normalized spacial score (nSPS) is 12.5. The fraction of sp³-hybridized carbons (Fsp3) is 0.292. The monoisotopic (exact) mass is 519 g/mol. The Morgan fingerprint density at radius 1 is 1.09 bits per heavy atom. The van der Waals surface area contributed by atoms with Crippen LogP contribution in [0.25, 0.3) is 0 Å². The molecule has 11 heteroatoms. The molecule has 8 nitrogen and oxygen atoms in total. The minimum absolute atomic E-state index is 0.125. The molecule has 186 valence electrons. The summed E-state index contributed by atoms with van der Waals surface area (Å²) < 4.78 is 41.3. The molecule has 0 saturated heterocycles. The van der Waals surface area contributed by atoms with Crippen LogP contribution in [-0.4, -0.2) is 41.0 Å². The number of thiophene rings is 1. The molecule has 0 aliphatic rings. The molecule has 0 radical (unpaired) electrons. The lowest BCUT2D eigenvalue weighted by Gasteiger charge is -2.30. The number of benzene rings is 2. The number of hydrogen-bond acceptors (Lipinski definition) is 6. The van der Waals surface area contributed by atoms with E-state index in [9.17, 15) is 27.7 Å². The van der Waals surface area contributed by atoms with Gasteiger partial charge in [0.1, 0.15) is 5.82 Å². The second-order valence-corrected chi connectivity index (χ2v) is 10.9. The van der Waals surface area contributed by atoms with Crippen molar-refractivity contribution in [1.29, 1.82) is 0 Å². The van der Waals surface area contributed by atoms with Gasteiger partial charge in [0.2, 0.25) is 15.9 Å². The van der Waals surface area contributed by atoms with Gasteiger partial charge in [-0.05, 0) is 54.6 Å². The maximum absolute atomic E-state index is 13.5. The van der Waals surface area contributed by atoms with Crippen LogP contribution in [0.2, 0.25) is 0 Å². The quantitative estimate of drug-likeness (QED) is 0.267. The number of amides is 1. The van der Waals surface area contributed by atoms with E-state index in [1.807, 2.05) is 24.4 Å². The Balaban J connectivity index is 1.89. The topological polar surface area (TPSA) is 101 Å². The number of nitrogens with zero attached hydrogens (tertiary/aromatic N) is 3. The van der Waals surface area contributed by atoms with Gasteiger partial charge < -0.3 is 4.90 Å². The Morgan fingerprint density at radius 3 is 2.29 bits per heavy atom. The van der Waals surface area contributed by atoms with Gasteiger partial charge in [0, 0.05) is 29.6 Å². The van der Waals surface area contributed by atoms with E-state index in [1.165, 1.54) is 35.6 Å². The van der Waals surface area contributed by atoms with Gasteiger partial charge in [0.15, 0.2) is 0 Å². The van der Waals surface area contributed by atoms with Gasteiger partial charge in [-0.25, -0.2) is 12.8 Å². The number of sulfonamides is 1. The molecule has 0 N–H and O–H groups in total. The van der Waals surface area contributed by atoms with Crippen molar-refractivity contribution < 1.29 is 22.5 Å². The Kier molecular flexibility index (Phi) is 8.71. The van der Waals surface area contributed by atoms with Crippen LogP contribution in [0.4, 0.5) is 10.1 Å². The van der Waals surface area contributed by atoms with Crippen molar-refractivity contribution in [3.05, 3.63) is 92.4 Å². The summed E-state index contributed by atoms with van der Waals surface area (Å²) in [5.41, 5.74) is 0.487. The van der Waals surface area contributed by atoms with E-state index >= 15 is 0 Å². The van der Waals surface area contributed by atoms with Crippen molar-refractivity contribution in [2.24, 2.45) is 0 Å². The molecule has 1 unspecified atom stereocenters. The zero-order valence-electron chi connectivity index (χ0n) is 19.3. The molecule has 0 fully saturated rings. The first-order chi connectivity index (χ1) is 16.6. The molecule has 0 spiro atoms. The van der Waals surface area contributed by atoms with E-state index in [0.29, 0.717) is 12.0 Å². The van der Waals surface area contributed by atoms with E-state index in [4.69, 9.17) is 0 Å². The molecule has 3 aromatic rings. The minimum Gasteiger partial charge on any atom is -0.332 e. The first kappa shape index (κ1) is 26.5. The number of rotatable bonds is 11.